The molecule has 0 aliphatic heterocycles. The first kappa shape index (κ1) is 14.9. The number of fused-ring (bicyclic) bond motifs is 1. The van der Waals surface area contributed by atoms with Crippen molar-refractivity contribution in [1.29, 1.82) is 0 Å². The molecule has 114 valence electrons. The zero-order valence-corrected chi connectivity index (χ0v) is 12.4. The Balaban J connectivity index is 1.84. The summed E-state index contributed by atoms with van der Waals surface area (Å²) in [6, 6.07) is 14.2. The molecule has 1 aliphatic carbocycles. The molecule has 0 amide bonds. The van der Waals surface area contributed by atoms with E-state index >= 15 is 0 Å². The summed E-state index contributed by atoms with van der Waals surface area (Å²) in [4.78, 5) is 23.0. The second-order valence-corrected chi connectivity index (χ2v) is 5.35. The van der Waals surface area contributed by atoms with Gasteiger partial charge in [0.15, 0.2) is 5.78 Å². The van der Waals surface area contributed by atoms with Gasteiger partial charge in [0.2, 0.25) is 0 Å². The first-order valence-electron chi connectivity index (χ1n) is 7.40. The van der Waals surface area contributed by atoms with E-state index in [0.717, 1.165) is 23.1 Å². The minimum absolute atomic E-state index is 0.0408. The summed E-state index contributed by atoms with van der Waals surface area (Å²) in [5.74, 6) is 0.0408. The quantitative estimate of drug-likeness (QED) is 0.481. The zero-order chi connectivity index (χ0) is 16.2. The Kier molecular flexibility index (Phi) is 4.15. The van der Waals surface area contributed by atoms with Crippen molar-refractivity contribution in [3.63, 3.8) is 0 Å². The predicted molar refractivity (Wildman–Crippen MR) is 89.3 cm³/mol. The van der Waals surface area contributed by atoms with Crippen LogP contribution in [0.2, 0.25) is 0 Å². The van der Waals surface area contributed by atoms with Crippen molar-refractivity contribution >= 4 is 17.5 Å². The van der Waals surface area contributed by atoms with Crippen LogP contribution < -0.4 is 0 Å². The van der Waals surface area contributed by atoms with Crippen LogP contribution in [0.25, 0.3) is 6.08 Å². The molecular formula is C19H15NO3. The van der Waals surface area contributed by atoms with Gasteiger partial charge in [0.1, 0.15) is 0 Å². The number of allylic oxidation sites excluding steroid dienone is 3. The maximum atomic E-state index is 12.4. The lowest BCUT2D eigenvalue weighted by Gasteiger charge is -2.16. The second kappa shape index (κ2) is 6.40. The molecule has 0 bridgehead atoms. The number of carbonyl (C=O) groups excluding carboxylic acids is 1. The highest BCUT2D eigenvalue weighted by Crippen LogP contribution is 2.25. The van der Waals surface area contributed by atoms with Gasteiger partial charge in [0, 0.05) is 17.2 Å². The monoisotopic (exact) mass is 305 g/mol. The fourth-order valence-electron chi connectivity index (χ4n) is 2.74. The SMILES string of the molecule is O=C1/C(=C/C=C/c2ccccc2[N+](=O)[O-])CCc2ccccc21. The highest BCUT2D eigenvalue weighted by molar-refractivity contribution is 6.10. The largest absolute Gasteiger partial charge is 0.289 e. The minimum Gasteiger partial charge on any atom is -0.289 e. The van der Waals surface area contributed by atoms with E-state index in [9.17, 15) is 14.9 Å². The molecule has 0 heterocycles. The minimum atomic E-state index is -0.408. The van der Waals surface area contributed by atoms with E-state index in [1.54, 1.807) is 36.4 Å². The molecule has 2 aromatic carbocycles. The number of nitro groups is 1. The van der Waals surface area contributed by atoms with Gasteiger partial charge in [0.25, 0.3) is 5.69 Å². The van der Waals surface area contributed by atoms with Crippen molar-refractivity contribution in [2.24, 2.45) is 0 Å². The number of benzene rings is 2. The van der Waals surface area contributed by atoms with E-state index in [2.05, 4.69) is 0 Å². The van der Waals surface area contributed by atoms with Crippen LogP contribution in [-0.4, -0.2) is 10.7 Å². The number of hydrogen-bond donors (Lipinski definition) is 0. The van der Waals surface area contributed by atoms with E-state index < -0.39 is 4.92 Å². The fraction of sp³-hybridized carbons (Fsp3) is 0.105. The fourth-order valence-corrected chi connectivity index (χ4v) is 2.74. The van der Waals surface area contributed by atoms with Crippen molar-refractivity contribution in [3.8, 4) is 0 Å². The standard InChI is InChI=1S/C19H15NO3/c21-19-16(13-12-14-6-1-3-10-17(14)19)9-5-8-15-7-2-4-11-18(15)20(22)23/h1-11H,12-13H2/b8-5+,16-9+. The Labute approximate surface area is 133 Å². The van der Waals surface area contributed by atoms with Crippen LogP contribution in [-0.2, 0) is 6.42 Å². The van der Waals surface area contributed by atoms with Gasteiger partial charge in [-0.2, -0.15) is 0 Å². The van der Waals surface area contributed by atoms with Crippen molar-refractivity contribution < 1.29 is 9.72 Å². The lowest BCUT2D eigenvalue weighted by molar-refractivity contribution is -0.385. The summed E-state index contributed by atoms with van der Waals surface area (Å²) in [6.07, 6.45) is 6.67. The average molecular weight is 305 g/mol. The molecule has 4 heteroatoms. The van der Waals surface area contributed by atoms with E-state index in [0.29, 0.717) is 12.0 Å². The van der Waals surface area contributed by atoms with Crippen LogP contribution in [0.1, 0.15) is 27.9 Å². The zero-order valence-electron chi connectivity index (χ0n) is 12.4. The Morgan fingerprint density at radius 2 is 1.74 bits per heavy atom. The third-order valence-electron chi connectivity index (χ3n) is 3.92. The summed E-state index contributed by atoms with van der Waals surface area (Å²) >= 11 is 0. The summed E-state index contributed by atoms with van der Waals surface area (Å²) < 4.78 is 0. The highest BCUT2D eigenvalue weighted by Gasteiger charge is 2.20. The van der Waals surface area contributed by atoms with Gasteiger partial charge in [-0.25, -0.2) is 0 Å². The Bertz CT molecular complexity index is 834. The number of carbonyl (C=O) groups is 1. The smallest absolute Gasteiger partial charge is 0.276 e. The third kappa shape index (κ3) is 3.11. The molecule has 3 rings (SSSR count). The maximum absolute atomic E-state index is 12.4. The lowest BCUT2D eigenvalue weighted by atomic mass is 9.87. The van der Waals surface area contributed by atoms with Crippen molar-refractivity contribution in [2.45, 2.75) is 12.8 Å². The number of nitrogens with zero attached hydrogens (tertiary/aromatic N) is 1. The van der Waals surface area contributed by atoms with Crippen LogP contribution in [0.4, 0.5) is 5.69 Å². The van der Waals surface area contributed by atoms with E-state index in [1.165, 1.54) is 6.07 Å². The Hall–Kier alpha value is -3.01. The van der Waals surface area contributed by atoms with Gasteiger partial charge in [-0.15, -0.1) is 0 Å². The van der Waals surface area contributed by atoms with Crippen molar-refractivity contribution in [3.05, 3.63) is 93.1 Å². The second-order valence-electron chi connectivity index (χ2n) is 5.35. The van der Waals surface area contributed by atoms with Crippen molar-refractivity contribution in [2.75, 3.05) is 0 Å². The number of Topliss-reactive ketones (excluding diaryl/α,β-unsaturated/α-hetero) is 1. The topological polar surface area (TPSA) is 60.2 Å². The van der Waals surface area contributed by atoms with Gasteiger partial charge in [0.05, 0.1) is 10.5 Å². The van der Waals surface area contributed by atoms with Gasteiger partial charge >= 0.3 is 0 Å². The first-order chi connectivity index (χ1) is 11.2. The first-order valence-corrected chi connectivity index (χ1v) is 7.40. The van der Waals surface area contributed by atoms with Gasteiger partial charge in [-0.1, -0.05) is 48.6 Å². The summed E-state index contributed by atoms with van der Waals surface area (Å²) in [5.41, 5.74) is 3.15. The Morgan fingerprint density at radius 1 is 1.00 bits per heavy atom. The molecular weight excluding hydrogens is 290 g/mol. The molecule has 0 spiro atoms. The molecule has 2 aromatic rings. The van der Waals surface area contributed by atoms with Gasteiger partial charge in [-0.05, 0) is 30.5 Å². The molecule has 0 aromatic heterocycles. The number of hydrogen-bond acceptors (Lipinski definition) is 3. The molecule has 0 atom stereocenters. The van der Waals surface area contributed by atoms with Gasteiger partial charge in [-0.3, -0.25) is 14.9 Å². The molecule has 0 N–H and O–H groups in total. The molecule has 0 saturated carbocycles. The summed E-state index contributed by atoms with van der Waals surface area (Å²) in [5, 5.41) is 11.0. The molecule has 0 saturated heterocycles. The number of aryl methyl sites for hydroxylation is 1. The highest BCUT2D eigenvalue weighted by atomic mass is 16.6. The number of nitro benzene ring substituents is 1. The molecule has 4 nitrogen and oxygen atoms in total. The van der Waals surface area contributed by atoms with Crippen LogP contribution in [0.15, 0.2) is 66.3 Å². The summed E-state index contributed by atoms with van der Waals surface area (Å²) in [6.45, 7) is 0. The number of para-hydroxylation sites is 1. The third-order valence-corrected chi connectivity index (χ3v) is 3.92. The van der Waals surface area contributed by atoms with E-state index in [1.807, 2.05) is 24.3 Å². The molecule has 23 heavy (non-hydrogen) atoms. The normalized spacial score (nSPS) is 15.8. The van der Waals surface area contributed by atoms with Crippen LogP contribution in [0, 0.1) is 10.1 Å². The predicted octanol–water partition coefficient (Wildman–Crippen LogP) is 4.36. The van der Waals surface area contributed by atoms with Crippen LogP contribution in [0.3, 0.4) is 0 Å². The molecule has 0 radical (unpaired) electrons. The maximum Gasteiger partial charge on any atom is 0.276 e. The van der Waals surface area contributed by atoms with E-state index in [4.69, 9.17) is 0 Å². The van der Waals surface area contributed by atoms with E-state index in [-0.39, 0.29) is 11.5 Å². The molecule has 0 unspecified atom stereocenters. The number of rotatable bonds is 3. The van der Waals surface area contributed by atoms with Crippen LogP contribution in [0.5, 0.6) is 0 Å². The van der Waals surface area contributed by atoms with Crippen molar-refractivity contribution in [1.82, 2.24) is 0 Å². The van der Waals surface area contributed by atoms with Gasteiger partial charge < -0.3 is 0 Å². The average Bonchev–Trinajstić information content (AvgIpc) is 2.57. The molecule has 1 aliphatic rings. The lowest BCUT2D eigenvalue weighted by Crippen LogP contribution is -2.13. The van der Waals surface area contributed by atoms with Crippen LogP contribution >= 0.6 is 0 Å². The number of ketones is 1. The Morgan fingerprint density at radius 3 is 2.57 bits per heavy atom. The molecule has 0 fully saturated rings. The summed E-state index contributed by atoms with van der Waals surface area (Å²) in [7, 11) is 0.